The van der Waals surface area contributed by atoms with Gasteiger partial charge >= 0.3 is 0 Å². The van der Waals surface area contributed by atoms with Crippen LogP contribution in [0.25, 0.3) is 6.08 Å². The van der Waals surface area contributed by atoms with Crippen LogP contribution in [0.2, 0.25) is 0 Å². The maximum Gasteiger partial charge on any atom is 0.0844 e. The van der Waals surface area contributed by atoms with Crippen molar-refractivity contribution in [2.24, 2.45) is 0 Å². The lowest BCUT2D eigenvalue weighted by Crippen LogP contribution is -2.04. The van der Waals surface area contributed by atoms with Crippen molar-refractivity contribution >= 4 is 23.2 Å². The number of allylic oxidation sites excluding steroid dienone is 1. The lowest BCUT2D eigenvalue weighted by molar-refractivity contribution is 1.25. The average molecular weight is 161 g/mol. The number of aromatic nitrogens is 1. The molecule has 2 heteroatoms. The zero-order valence-corrected chi connectivity index (χ0v) is 6.77. The van der Waals surface area contributed by atoms with E-state index in [4.69, 9.17) is 12.2 Å². The Labute approximate surface area is 70.8 Å². The van der Waals surface area contributed by atoms with Crippen molar-refractivity contribution in [2.75, 3.05) is 0 Å². The lowest BCUT2D eigenvalue weighted by Gasteiger charge is -2.08. The molecule has 0 saturated heterocycles. The Hall–Kier alpha value is -1.02. The predicted molar refractivity (Wildman–Crippen MR) is 49.6 cm³/mol. The van der Waals surface area contributed by atoms with Gasteiger partial charge in [-0.15, -0.1) is 0 Å². The van der Waals surface area contributed by atoms with Crippen molar-refractivity contribution in [3.8, 4) is 0 Å². The van der Waals surface area contributed by atoms with Crippen LogP contribution in [-0.4, -0.2) is 9.85 Å². The van der Waals surface area contributed by atoms with Gasteiger partial charge in [0.15, 0.2) is 0 Å². The van der Waals surface area contributed by atoms with Gasteiger partial charge in [-0.25, -0.2) is 0 Å². The molecule has 0 saturated carbocycles. The van der Waals surface area contributed by atoms with E-state index in [1.807, 2.05) is 12.1 Å². The van der Waals surface area contributed by atoms with Gasteiger partial charge in [-0.1, -0.05) is 30.4 Å². The van der Waals surface area contributed by atoms with Crippen molar-refractivity contribution in [3.63, 3.8) is 0 Å². The minimum Gasteiger partial charge on any atom is -0.255 e. The smallest absolute Gasteiger partial charge is 0.0844 e. The molecule has 0 spiro atoms. The van der Waals surface area contributed by atoms with Crippen LogP contribution in [0, 0.1) is 0 Å². The van der Waals surface area contributed by atoms with E-state index in [1.165, 1.54) is 0 Å². The number of fused-ring (bicyclic) bond motifs is 1. The zero-order chi connectivity index (χ0) is 7.68. The Morgan fingerprint density at radius 1 is 1.45 bits per heavy atom. The van der Waals surface area contributed by atoms with Crippen LogP contribution in [0.3, 0.4) is 0 Å². The number of pyridine rings is 1. The van der Waals surface area contributed by atoms with E-state index in [0.717, 1.165) is 22.5 Å². The quantitative estimate of drug-likeness (QED) is 0.541. The molecule has 0 unspecified atom stereocenters. The summed E-state index contributed by atoms with van der Waals surface area (Å²) in [5.74, 6) is 0. The Morgan fingerprint density at radius 3 is 3.18 bits per heavy atom. The second kappa shape index (κ2) is 2.55. The van der Waals surface area contributed by atoms with Crippen molar-refractivity contribution in [1.29, 1.82) is 0 Å². The Balaban J connectivity index is 2.63. The molecule has 1 aromatic rings. The van der Waals surface area contributed by atoms with Gasteiger partial charge in [0.1, 0.15) is 0 Å². The molecule has 0 amide bonds. The third-order valence-electron chi connectivity index (χ3n) is 1.70. The summed E-state index contributed by atoms with van der Waals surface area (Å²) in [5, 5.41) is 0. The molecular weight excluding hydrogens is 154 g/mol. The van der Waals surface area contributed by atoms with Gasteiger partial charge in [0.2, 0.25) is 0 Å². The third-order valence-corrected chi connectivity index (χ3v) is 2.06. The first kappa shape index (κ1) is 6.68. The minimum absolute atomic E-state index is 0.860. The number of rotatable bonds is 0. The molecule has 1 nitrogen and oxygen atoms in total. The number of nitrogens with zero attached hydrogens (tertiary/aromatic N) is 1. The fraction of sp³-hybridized carbons (Fsp3) is 0.111. The Morgan fingerprint density at radius 2 is 2.36 bits per heavy atom. The highest BCUT2D eigenvalue weighted by atomic mass is 32.1. The van der Waals surface area contributed by atoms with Gasteiger partial charge in [-0.2, -0.15) is 0 Å². The summed E-state index contributed by atoms with van der Waals surface area (Å²) < 4.78 is 0. The SMILES string of the molecule is S=C1CC=Cc2cccnc21. The van der Waals surface area contributed by atoms with Crippen LogP contribution < -0.4 is 0 Å². The van der Waals surface area contributed by atoms with E-state index in [2.05, 4.69) is 17.1 Å². The maximum atomic E-state index is 5.15. The van der Waals surface area contributed by atoms with Crippen LogP contribution in [0.1, 0.15) is 17.7 Å². The summed E-state index contributed by atoms with van der Waals surface area (Å²) in [6.07, 6.45) is 6.79. The van der Waals surface area contributed by atoms with Crippen LogP contribution in [0.4, 0.5) is 0 Å². The molecule has 2 rings (SSSR count). The fourth-order valence-electron chi connectivity index (χ4n) is 1.17. The molecule has 0 radical (unpaired) electrons. The highest BCUT2D eigenvalue weighted by molar-refractivity contribution is 7.80. The highest BCUT2D eigenvalue weighted by Gasteiger charge is 2.08. The fourth-order valence-corrected chi connectivity index (χ4v) is 1.44. The first-order chi connectivity index (χ1) is 5.38. The Kier molecular flexibility index (Phi) is 1.55. The molecule has 0 fully saturated rings. The second-order valence-corrected chi connectivity index (χ2v) is 2.96. The molecule has 0 aromatic carbocycles. The summed E-state index contributed by atoms with van der Waals surface area (Å²) in [6.45, 7) is 0. The average Bonchev–Trinajstić information content (AvgIpc) is 2.06. The molecule has 11 heavy (non-hydrogen) atoms. The van der Waals surface area contributed by atoms with Gasteiger partial charge in [0.05, 0.1) is 5.69 Å². The molecule has 1 aromatic heterocycles. The Bertz CT molecular complexity index is 328. The van der Waals surface area contributed by atoms with E-state index in [-0.39, 0.29) is 0 Å². The number of hydrogen-bond donors (Lipinski definition) is 0. The monoisotopic (exact) mass is 161 g/mol. The van der Waals surface area contributed by atoms with Crippen LogP contribution in [0.15, 0.2) is 24.4 Å². The largest absolute Gasteiger partial charge is 0.255 e. The maximum absolute atomic E-state index is 5.15. The molecule has 0 atom stereocenters. The second-order valence-electron chi connectivity index (χ2n) is 2.47. The van der Waals surface area contributed by atoms with Gasteiger partial charge in [0, 0.05) is 23.0 Å². The summed E-state index contributed by atoms with van der Waals surface area (Å²) in [7, 11) is 0. The van der Waals surface area contributed by atoms with E-state index in [9.17, 15) is 0 Å². The summed E-state index contributed by atoms with van der Waals surface area (Å²) in [5.41, 5.74) is 2.12. The van der Waals surface area contributed by atoms with Gasteiger partial charge < -0.3 is 0 Å². The molecule has 0 N–H and O–H groups in total. The van der Waals surface area contributed by atoms with Crippen molar-refractivity contribution in [3.05, 3.63) is 35.7 Å². The number of hydrogen-bond acceptors (Lipinski definition) is 2. The molecule has 54 valence electrons. The highest BCUT2D eigenvalue weighted by Crippen LogP contribution is 2.16. The topological polar surface area (TPSA) is 12.9 Å². The summed E-state index contributed by atoms with van der Waals surface area (Å²) in [4.78, 5) is 5.16. The molecule has 1 aliphatic rings. The molecular formula is C9H7NS. The summed E-state index contributed by atoms with van der Waals surface area (Å²) in [6, 6.07) is 3.96. The normalized spacial score (nSPS) is 14.7. The third kappa shape index (κ3) is 1.10. The van der Waals surface area contributed by atoms with Gasteiger partial charge in [-0.05, 0) is 6.07 Å². The standard InChI is InChI=1S/C9H7NS/c11-8-5-1-3-7-4-2-6-10-9(7)8/h1-4,6H,5H2. The molecule has 0 aliphatic heterocycles. The van der Waals surface area contributed by atoms with E-state index in [1.54, 1.807) is 6.20 Å². The lowest BCUT2D eigenvalue weighted by atomic mass is 10.0. The molecule has 1 heterocycles. The molecule has 0 bridgehead atoms. The first-order valence-corrected chi connectivity index (χ1v) is 3.93. The predicted octanol–water partition coefficient (Wildman–Crippen LogP) is 2.22. The van der Waals surface area contributed by atoms with Crippen LogP contribution in [-0.2, 0) is 0 Å². The summed E-state index contributed by atoms with van der Waals surface area (Å²) >= 11 is 5.15. The van der Waals surface area contributed by atoms with Crippen molar-refractivity contribution < 1.29 is 0 Å². The number of thiocarbonyl (C=S) groups is 1. The zero-order valence-electron chi connectivity index (χ0n) is 5.95. The first-order valence-electron chi connectivity index (χ1n) is 3.53. The van der Waals surface area contributed by atoms with Crippen LogP contribution >= 0.6 is 12.2 Å². The minimum atomic E-state index is 0.860. The van der Waals surface area contributed by atoms with E-state index >= 15 is 0 Å². The van der Waals surface area contributed by atoms with Crippen molar-refractivity contribution in [1.82, 2.24) is 4.98 Å². The van der Waals surface area contributed by atoms with Gasteiger partial charge in [0.25, 0.3) is 0 Å². The van der Waals surface area contributed by atoms with E-state index < -0.39 is 0 Å². The van der Waals surface area contributed by atoms with Crippen molar-refractivity contribution in [2.45, 2.75) is 6.42 Å². The van der Waals surface area contributed by atoms with Gasteiger partial charge in [-0.3, -0.25) is 4.98 Å². The van der Waals surface area contributed by atoms with Crippen LogP contribution in [0.5, 0.6) is 0 Å². The molecule has 1 aliphatic carbocycles. The van der Waals surface area contributed by atoms with E-state index in [0.29, 0.717) is 0 Å².